The number of aryl methyl sites for hydroxylation is 1. The van der Waals surface area contributed by atoms with Gasteiger partial charge in [0.2, 0.25) is 11.8 Å². The van der Waals surface area contributed by atoms with Crippen LogP contribution in [-0.4, -0.2) is 35.4 Å². The lowest BCUT2D eigenvalue weighted by molar-refractivity contribution is 0.0918. The van der Waals surface area contributed by atoms with Crippen LogP contribution >= 0.6 is 0 Å². The van der Waals surface area contributed by atoms with Crippen LogP contribution in [-0.2, 0) is 0 Å². The molecule has 0 bridgehead atoms. The van der Waals surface area contributed by atoms with E-state index in [1.165, 1.54) is 24.3 Å². The number of ketones is 1. The fraction of sp³-hybridized carbons (Fsp3) is 0.421. The van der Waals surface area contributed by atoms with E-state index in [1.807, 2.05) is 6.92 Å². The summed E-state index contributed by atoms with van der Waals surface area (Å²) in [6, 6.07) is 7.14. The van der Waals surface area contributed by atoms with Gasteiger partial charge in [-0.2, -0.15) is 4.98 Å². The molecule has 3 rings (SSSR count). The summed E-state index contributed by atoms with van der Waals surface area (Å²) in [6.45, 7) is 5.85. The standard InChI is InChI=1S/C19H22FN3O2/c1-13-7-9-23(10-8-13)19-21-14(2)11-18(22-19)25-12-17(24)15-3-5-16(20)6-4-15/h3-6,11,13H,7-10,12H2,1-2H3. The SMILES string of the molecule is Cc1cc(OCC(=O)c2ccc(F)cc2)nc(N2CCC(C)CC2)n1. The van der Waals surface area contributed by atoms with Gasteiger partial charge in [0.15, 0.2) is 12.4 Å². The van der Waals surface area contributed by atoms with Crippen molar-refractivity contribution in [2.24, 2.45) is 5.92 Å². The third-order valence-corrected chi connectivity index (χ3v) is 4.40. The number of Topliss-reactive ketones (excluding diaryl/α,β-unsaturated/α-hetero) is 1. The Morgan fingerprint density at radius 2 is 1.92 bits per heavy atom. The van der Waals surface area contributed by atoms with Gasteiger partial charge in [0.25, 0.3) is 0 Å². The molecule has 6 heteroatoms. The van der Waals surface area contributed by atoms with E-state index < -0.39 is 0 Å². The van der Waals surface area contributed by atoms with Crippen LogP contribution in [0.15, 0.2) is 30.3 Å². The summed E-state index contributed by atoms with van der Waals surface area (Å²) in [5.41, 5.74) is 1.21. The van der Waals surface area contributed by atoms with Crippen LogP contribution in [0.4, 0.5) is 10.3 Å². The molecular weight excluding hydrogens is 321 g/mol. The fourth-order valence-corrected chi connectivity index (χ4v) is 2.81. The summed E-state index contributed by atoms with van der Waals surface area (Å²) >= 11 is 0. The van der Waals surface area contributed by atoms with Gasteiger partial charge in [0.05, 0.1) is 0 Å². The van der Waals surface area contributed by atoms with E-state index in [4.69, 9.17) is 4.74 Å². The van der Waals surface area contributed by atoms with Crippen molar-refractivity contribution >= 4 is 11.7 Å². The Hall–Kier alpha value is -2.50. The molecule has 1 aromatic carbocycles. The molecule has 25 heavy (non-hydrogen) atoms. The molecule has 0 N–H and O–H groups in total. The number of benzene rings is 1. The van der Waals surface area contributed by atoms with Gasteiger partial charge in [-0.3, -0.25) is 4.79 Å². The van der Waals surface area contributed by atoms with Crippen molar-refractivity contribution < 1.29 is 13.9 Å². The first-order valence-corrected chi connectivity index (χ1v) is 8.53. The van der Waals surface area contributed by atoms with Gasteiger partial charge in [-0.05, 0) is 49.9 Å². The molecule has 0 saturated carbocycles. The second-order valence-electron chi connectivity index (χ2n) is 6.54. The third kappa shape index (κ3) is 4.53. The highest BCUT2D eigenvalue weighted by Gasteiger charge is 2.19. The van der Waals surface area contributed by atoms with E-state index in [-0.39, 0.29) is 18.2 Å². The zero-order valence-electron chi connectivity index (χ0n) is 14.5. The quantitative estimate of drug-likeness (QED) is 0.779. The molecule has 1 saturated heterocycles. The molecule has 1 aromatic heterocycles. The van der Waals surface area contributed by atoms with Crippen molar-refractivity contribution in [2.75, 3.05) is 24.6 Å². The van der Waals surface area contributed by atoms with Gasteiger partial charge >= 0.3 is 0 Å². The maximum Gasteiger partial charge on any atom is 0.228 e. The van der Waals surface area contributed by atoms with Crippen LogP contribution in [0.2, 0.25) is 0 Å². The van der Waals surface area contributed by atoms with Crippen LogP contribution in [0, 0.1) is 18.7 Å². The molecule has 132 valence electrons. The minimum atomic E-state index is -0.371. The van der Waals surface area contributed by atoms with Gasteiger partial charge in [-0.1, -0.05) is 6.92 Å². The first kappa shape index (κ1) is 17.3. The van der Waals surface area contributed by atoms with Crippen LogP contribution < -0.4 is 9.64 Å². The van der Waals surface area contributed by atoms with Crippen molar-refractivity contribution in [2.45, 2.75) is 26.7 Å². The highest BCUT2D eigenvalue weighted by molar-refractivity contribution is 5.97. The summed E-state index contributed by atoms with van der Waals surface area (Å²) in [5.74, 6) is 1.17. The normalized spacial score (nSPS) is 15.2. The molecule has 5 nitrogen and oxygen atoms in total. The molecule has 1 aliphatic heterocycles. The number of rotatable bonds is 5. The van der Waals surface area contributed by atoms with E-state index in [0.717, 1.165) is 37.5 Å². The van der Waals surface area contributed by atoms with Crippen molar-refractivity contribution in [3.05, 3.63) is 47.4 Å². The molecule has 0 unspecified atom stereocenters. The largest absolute Gasteiger partial charge is 0.469 e. The number of hydrogen-bond acceptors (Lipinski definition) is 5. The molecule has 0 aliphatic carbocycles. The molecule has 2 aromatic rings. The first-order valence-electron chi connectivity index (χ1n) is 8.53. The van der Waals surface area contributed by atoms with E-state index in [9.17, 15) is 9.18 Å². The molecule has 0 radical (unpaired) electrons. The molecular formula is C19H22FN3O2. The number of carbonyl (C=O) groups excluding carboxylic acids is 1. The van der Waals surface area contributed by atoms with Gasteiger partial charge in [-0.15, -0.1) is 0 Å². The number of anilines is 1. The summed E-state index contributed by atoms with van der Waals surface area (Å²) in [5, 5.41) is 0. The predicted octanol–water partition coefficient (Wildman–Crippen LogP) is 3.42. The maximum absolute atomic E-state index is 12.9. The van der Waals surface area contributed by atoms with Crippen molar-refractivity contribution in [3.8, 4) is 5.88 Å². The number of halogens is 1. The lowest BCUT2D eigenvalue weighted by Crippen LogP contribution is -2.34. The number of ether oxygens (including phenoxy) is 1. The van der Waals surface area contributed by atoms with Crippen LogP contribution in [0.25, 0.3) is 0 Å². The Morgan fingerprint density at radius 1 is 1.24 bits per heavy atom. The fourth-order valence-electron chi connectivity index (χ4n) is 2.81. The monoisotopic (exact) mass is 343 g/mol. The number of carbonyl (C=O) groups is 1. The zero-order chi connectivity index (χ0) is 17.8. The summed E-state index contributed by atoms with van der Waals surface area (Å²) in [4.78, 5) is 23.2. The third-order valence-electron chi connectivity index (χ3n) is 4.40. The lowest BCUT2D eigenvalue weighted by Gasteiger charge is -2.30. The lowest BCUT2D eigenvalue weighted by atomic mass is 10.00. The van der Waals surface area contributed by atoms with Crippen LogP contribution in [0.5, 0.6) is 5.88 Å². The second kappa shape index (κ2) is 7.59. The van der Waals surface area contributed by atoms with Gasteiger partial charge < -0.3 is 9.64 Å². The molecule has 1 fully saturated rings. The zero-order valence-corrected chi connectivity index (χ0v) is 14.5. The van der Waals surface area contributed by atoms with Gasteiger partial charge in [-0.25, -0.2) is 9.37 Å². The van der Waals surface area contributed by atoms with Crippen molar-refractivity contribution in [3.63, 3.8) is 0 Å². The van der Waals surface area contributed by atoms with E-state index in [1.54, 1.807) is 6.07 Å². The van der Waals surface area contributed by atoms with Crippen molar-refractivity contribution in [1.82, 2.24) is 9.97 Å². The van der Waals surface area contributed by atoms with E-state index in [0.29, 0.717) is 17.4 Å². The molecule has 2 heterocycles. The Kier molecular flexibility index (Phi) is 5.26. The maximum atomic E-state index is 12.9. The topological polar surface area (TPSA) is 55.3 Å². The minimum absolute atomic E-state index is 0.140. The number of piperidine rings is 1. The molecule has 0 spiro atoms. The number of hydrogen-bond donors (Lipinski definition) is 0. The average molecular weight is 343 g/mol. The van der Waals surface area contributed by atoms with Crippen LogP contribution in [0.1, 0.15) is 35.8 Å². The molecule has 1 aliphatic rings. The van der Waals surface area contributed by atoms with E-state index in [2.05, 4.69) is 21.8 Å². The van der Waals surface area contributed by atoms with Crippen LogP contribution in [0.3, 0.4) is 0 Å². The Morgan fingerprint density at radius 3 is 2.60 bits per heavy atom. The highest BCUT2D eigenvalue weighted by Crippen LogP contribution is 2.22. The van der Waals surface area contributed by atoms with Gasteiger partial charge in [0.1, 0.15) is 5.82 Å². The average Bonchev–Trinajstić information content (AvgIpc) is 2.60. The van der Waals surface area contributed by atoms with Gasteiger partial charge in [0, 0.05) is 30.4 Å². The Balaban J connectivity index is 1.66. The summed E-state index contributed by atoms with van der Waals surface area (Å²) < 4.78 is 18.5. The molecule has 0 atom stereocenters. The predicted molar refractivity (Wildman–Crippen MR) is 93.6 cm³/mol. The second-order valence-corrected chi connectivity index (χ2v) is 6.54. The minimum Gasteiger partial charge on any atom is -0.469 e. The molecule has 0 amide bonds. The highest BCUT2D eigenvalue weighted by atomic mass is 19.1. The Bertz CT molecular complexity index is 741. The number of nitrogens with zero attached hydrogens (tertiary/aromatic N) is 3. The summed E-state index contributed by atoms with van der Waals surface area (Å²) in [7, 11) is 0. The first-order chi connectivity index (χ1) is 12.0. The number of aromatic nitrogens is 2. The van der Waals surface area contributed by atoms with Crippen molar-refractivity contribution in [1.29, 1.82) is 0 Å². The smallest absolute Gasteiger partial charge is 0.228 e. The summed E-state index contributed by atoms with van der Waals surface area (Å²) in [6.07, 6.45) is 2.24. The van der Waals surface area contributed by atoms with E-state index >= 15 is 0 Å². The Labute approximate surface area is 146 Å².